The van der Waals surface area contributed by atoms with Gasteiger partial charge in [0.05, 0.1) is 11.9 Å². The van der Waals surface area contributed by atoms with Gasteiger partial charge in [0.2, 0.25) is 5.75 Å². The molecule has 0 saturated carbocycles. The van der Waals surface area contributed by atoms with Gasteiger partial charge in [0, 0.05) is 12.6 Å². The summed E-state index contributed by atoms with van der Waals surface area (Å²) < 4.78 is 62.7. The van der Waals surface area contributed by atoms with E-state index in [9.17, 15) is 22.4 Å². The first kappa shape index (κ1) is 19.1. The lowest BCUT2D eigenvalue weighted by Gasteiger charge is -2.14. The fraction of sp³-hybridized carbons (Fsp3) is 0.118. The molecular formula is C17H12F4N4O3. The number of nitrogens with zero attached hydrogens (tertiary/aromatic N) is 3. The van der Waals surface area contributed by atoms with Crippen molar-refractivity contribution in [3.05, 3.63) is 48.4 Å². The fourth-order valence-corrected chi connectivity index (χ4v) is 2.21. The largest absolute Gasteiger partial charge is 0.491 e. The van der Waals surface area contributed by atoms with Gasteiger partial charge < -0.3 is 15.2 Å². The van der Waals surface area contributed by atoms with E-state index >= 15 is 0 Å². The third-order valence-corrected chi connectivity index (χ3v) is 3.48. The second-order valence-electron chi connectivity index (χ2n) is 5.59. The summed E-state index contributed by atoms with van der Waals surface area (Å²) in [4.78, 5) is 11.1. The lowest BCUT2D eigenvalue weighted by Crippen LogP contribution is -2.28. The van der Waals surface area contributed by atoms with Gasteiger partial charge >= 0.3 is 12.1 Å². The monoisotopic (exact) mass is 396 g/mol. The van der Waals surface area contributed by atoms with Gasteiger partial charge in [-0.3, -0.25) is 4.68 Å². The standard InChI is InChI=1S/C17H12F4N4O3/c1-25-8-12(23-24-25)9-3-2-4-10(7-9)27-13-6-5-11(22)14(18)15(13)28-16(26)17(19,20)21/h2-8H,22H2,1H3. The summed E-state index contributed by atoms with van der Waals surface area (Å²) in [6.45, 7) is 0. The summed E-state index contributed by atoms with van der Waals surface area (Å²) in [5, 5.41) is 7.73. The van der Waals surface area contributed by atoms with E-state index in [0.29, 0.717) is 11.3 Å². The molecule has 0 unspecified atom stereocenters. The minimum atomic E-state index is -5.32. The normalized spacial score (nSPS) is 11.3. The van der Waals surface area contributed by atoms with Crippen molar-refractivity contribution in [1.29, 1.82) is 0 Å². The number of hydrogen-bond acceptors (Lipinski definition) is 6. The van der Waals surface area contributed by atoms with Gasteiger partial charge in [-0.2, -0.15) is 13.2 Å². The molecule has 11 heteroatoms. The number of alkyl halides is 3. The van der Waals surface area contributed by atoms with Crippen molar-refractivity contribution < 1.29 is 31.8 Å². The van der Waals surface area contributed by atoms with Crippen molar-refractivity contribution in [3.63, 3.8) is 0 Å². The predicted octanol–water partition coefficient (Wildman–Crippen LogP) is 3.46. The number of ether oxygens (including phenoxy) is 2. The van der Waals surface area contributed by atoms with Crippen molar-refractivity contribution in [2.75, 3.05) is 5.73 Å². The Labute approximate surface area is 155 Å². The highest BCUT2D eigenvalue weighted by Gasteiger charge is 2.42. The van der Waals surface area contributed by atoms with Gasteiger partial charge in [-0.25, -0.2) is 9.18 Å². The van der Waals surface area contributed by atoms with E-state index < -0.39 is 35.1 Å². The maximum Gasteiger partial charge on any atom is 0.491 e. The summed E-state index contributed by atoms with van der Waals surface area (Å²) in [5.74, 6) is -5.33. The van der Waals surface area contributed by atoms with Crippen LogP contribution in [0.4, 0.5) is 23.2 Å². The minimum absolute atomic E-state index is 0.136. The molecule has 0 amide bonds. The van der Waals surface area contributed by atoms with Gasteiger partial charge in [0.25, 0.3) is 0 Å². The molecule has 1 aromatic heterocycles. The summed E-state index contributed by atoms with van der Waals surface area (Å²) in [7, 11) is 1.68. The molecule has 0 aliphatic rings. The lowest BCUT2D eigenvalue weighted by atomic mass is 10.1. The van der Waals surface area contributed by atoms with E-state index in [1.165, 1.54) is 16.8 Å². The van der Waals surface area contributed by atoms with Crippen LogP contribution in [0.2, 0.25) is 0 Å². The van der Waals surface area contributed by atoms with E-state index in [2.05, 4.69) is 15.0 Å². The third-order valence-electron chi connectivity index (χ3n) is 3.48. The molecule has 28 heavy (non-hydrogen) atoms. The van der Waals surface area contributed by atoms with Crippen molar-refractivity contribution in [1.82, 2.24) is 15.0 Å². The number of carbonyl (C=O) groups is 1. The molecule has 3 rings (SSSR count). The molecule has 0 atom stereocenters. The van der Waals surface area contributed by atoms with Crippen molar-refractivity contribution >= 4 is 11.7 Å². The zero-order chi connectivity index (χ0) is 20.5. The number of rotatable bonds is 4. The van der Waals surface area contributed by atoms with Crippen LogP contribution < -0.4 is 15.2 Å². The Morgan fingerprint density at radius 1 is 1.21 bits per heavy atom. The third kappa shape index (κ3) is 4.03. The number of esters is 1. The van der Waals surface area contributed by atoms with E-state index in [-0.39, 0.29) is 5.75 Å². The van der Waals surface area contributed by atoms with Gasteiger partial charge in [-0.05, 0) is 24.3 Å². The molecular weight excluding hydrogens is 384 g/mol. The zero-order valence-electron chi connectivity index (χ0n) is 14.2. The smallest absolute Gasteiger partial charge is 0.453 e. The molecule has 0 radical (unpaired) electrons. The number of hydrogen-bond donors (Lipinski definition) is 1. The number of aromatic nitrogens is 3. The molecule has 0 fully saturated rings. The minimum Gasteiger partial charge on any atom is -0.453 e. The van der Waals surface area contributed by atoms with Crippen molar-refractivity contribution in [3.8, 4) is 28.5 Å². The van der Waals surface area contributed by atoms with E-state index in [0.717, 1.165) is 12.1 Å². The van der Waals surface area contributed by atoms with Crippen LogP contribution in [-0.4, -0.2) is 27.1 Å². The molecule has 1 heterocycles. The molecule has 0 aliphatic carbocycles. The van der Waals surface area contributed by atoms with Crippen molar-refractivity contribution in [2.24, 2.45) is 7.05 Å². The summed E-state index contributed by atoms with van der Waals surface area (Å²) >= 11 is 0. The van der Waals surface area contributed by atoms with E-state index in [1.807, 2.05) is 0 Å². The van der Waals surface area contributed by atoms with Crippen LogP contribution in [-0.2, 0) is 11.8 Å². The Kier molecular flexibility index (Phi) is 4.91. The van der Waals surface area contributed by atoms with Crippen LogP contribution in [0.5, 0.6) is 17.2 Å². The number of carbonyl (C=O) groups excluding carboxylic acids is 1. The summed E-state index contributed by atoms with van der Waals surface area (Å²) in [6, 6.07) is 8.44. The first-order chi connectivity index (χ1) is 13.1. The number of anilines is 1. The Morgan fingerprint density at radius 2 is 1.96 bits per heavy atom. The highest BCUT2D eigenvalue weighted by Crippen LogP contribution is 2.38. The summed E-state index contributed by atoms with van der Waals surface area (Å²) in [5.41, 5.74) is 5.95. The lowest BCUT2D eigenvalue weighted by molar-refractivity contribution is -0.189. The van der Waals surface area contributed by atoms with Crippen LogP contribution in [0.25, 0.3) is 11.3 Å². The van der Waals surface area contributed by atoms with Gasteiger partial charge in [0.15, 0.2) is 11.6 Å². The van der Waals surface area contributed by atoms with Crippen LogP contribution in [0.1, 0.15) is 0 Å². The predicted molar refractivity (Wildman–Crippen MR) is 89.0 cm³/mol. The molecule has 0 aliphatic heterocycles. The van der Waals surface area contributed by atoms with Gasteiger partial charge in [-0.1, -0.05) is 17.3 Å². The van der Waals surface area contributed by atoms with Crippen molar-refractivity contribution in [2.45, 2.75) is 6.18 Å². The Hall–Kier alpha value is -3.63. The maximum absolute atomic E-state index is 14.2. The van der Waals surface area contributed by atoms with Gasteiger partial charge in [0.1, 0.15) is 11.4 Å². The number of nitrogen functional groups attached to an aromatic ring is 1. The first-order valence-corrected chi connectivity index (χ1v) is 7.66. The molecule has 0 bridgehead atoms. The second-order valence-corrected chi connectivity index (χ2v) is 5.59. The SMILES string of the molecule is Cn1cc(-c2cccc(Oc3ccc(N)c(F)c3OC(=O)C(F)(F)F)c2)nn1. The molecule has 0 spiro atoms. The zero-order valence-corrected chi connectivity index (χ0v) is 14.2. The van der Waals surface area contributed by atoms with E-state index in [4.69, 9.17) is 10.5 Å². The highest BCUT2D eigenvalue weighted by atomic mass is 19.4. The number of benzene rings is 2. The Morgan fingerprint density at radius 3 is 2.61 bits per heavy atom. The molecule has 7 nitrogen and oxygen atoms in total. The first-order valence-electron chi connectivity index (χ1n) is 7.66. The topological polar surface area (TPSA) is 92.3 Å². The Balaban J connectivity index is 1.94. The quantitative estimate of drug-likeness (QED) is 0.314. The highest BCUT2D eigenvalue weighted by molar-refractivity contribution is 5.79. The average Bonchev–Trinajstić information content (AvgIpc) is 3.07. The molecule has 2 aromatic carbocycles. The van der Waals surface area contributed by atoms with Crippen LogP contribution >= 0.6 is 0 Å². The molecule has 0 saturated heterocycles. The van der Waals surface area contributed by atoms with Gasteiger partial charge in [-0.15, -0.1) is 5.10 Å². The number of nitrogens with two attached hydrogens (primary N) is 1. The van der Waals surface area contributed by atoms with E-state index in [1.54, 1.807) is 25.4 Å². The fourth-order valence-electron chi connectivity index (χ4n) is 2.21. The molecule has 146 valence electrons. The maximum atomic E-state index is 14.2. The second kappa shape index (κ2) is 7.18. The molecule has 2 N–H and O–H groups in total. The summed E-state index contributed by atoms with van der Waals surface area (Å²) in [6.07, 6.45) is -3.68. The van der Waals surface area contributed by atoms with Crippen LogP contribution in [0, 0.1) is 5.82 Å². The van der Waals surface area contributed by atoms with Crippen LogP contribution in [0.3, 0.4) is 0 Å². The average molecular weight is 396 g/mol. The number of halogens is 4. The Bertz CT molecular complexity index is 1030. The number of aryl methyl sites for hydroxylation is 1. The van der Waals surface area contributed by atoms with Crippen LogP contribution in [0.15, 0.2) is 42.6 Å². The molecule has 3 aromatic rings.